The molecule has 0 bridgehead atoms. The van der Waals surface area contributed by atoms with Gasteiger partial charge in [-0.3, -0.25) is 14.9 Å². The van der Waals surface area contributed by atoms with Crippen molar-refractivity contribution in [3.63, 3.8) is 0 Å². The fourth-order valence-electron chi connectivity index (χ4n) is 3.24. The van der Waals surface area contributed by atoms with Crippen molar-refractivity contribution in [2.45, 2.75) is 51.1 Å². The predicted octanol–water partition coefficient (Wildman–Crippen LogP) is 2.60. The Hall–Kier alpha value is -2.58. The highest BCUT2D eigenvalue weighted by Crippen LogP contribution is 2.14. The third kappa shape index (κ3) is 7.07. The average Bonchev–Trinajstić information content (AvgIpc) is 3.15. The number of piperidine rings is 1. The first kappa shape index (κ1) is 21.1. The zero-order chi connectivity index (χ0) is 20.5. The molecule has 1 fully saturated rings. The van der Waals surface area contributed by atoms with Gasteiger partial charge in [0.15, 0.2) is 0 Å². The van der Waals surface area contributed by atoms with Gasteiger partial charge in [0.2, 0.25) is 16.9 Å². The van der Waals surface area contributed by atoms with Crippen molar-refractivity contribution in [3.8, 4) is 0 Å². The van der Waals surface area contributed by atoms with Gasteiger partial charge in [0.1, 0.15) is 5.01 Å². The van der Waals surface area contributed by atoms with Crippen LogP contribution in [0.25, 0.3) is 0 Å². The highest BCUT2D eigenvalue weighted by atomic mass is 32.1. The lowest BCUT2D eigenvalue weighted by atomic mass is 10.0. The molecule has 1 aliphatic heterocycles. The summed E-state index contributed by atoms with van der Waals surface area (Å²) in [7, 11) is 0. The Labute approximate surface area is 175 Å². The van der Waals surface area contributed by atoms with Crippen LogP contribution < -0.4 is 16.0 Å². The normalized spacial score (nSPS) is 17.8. The SMILES string of the molecule is Cc1nnc(NC(=O)C=C[C@H](CCc2ccccc2)NC(=O)[C@@H]2CCCCN2)s1. The molecule has 1 aliphatic rings. The maximum absolute atomic E-state index is 12.6. The molecule has 2 heterocycles. The van der Waals surface area contributed by atoms with Gasteiger partial charge in [-0.1, -0.05) is 54.2 Å². The van der Waals surface area contributed by atoms with E-state index in [-0.39, 0.29) is 23.9 Å². The van der Waals surface area contributed by atoms with E-state index in [1.165, 1.54) is 23.0 Å². The van der Waals surface area contributed by atoms with Gasteiger partial charge < -0.3 is 10.6 Å². The first-order chi connectivity index (χ1) is 14.1. The highest BCUT2D eigenvalue weighted by molar-refractivity contribution is 7.15. The molecule has 0 saturated carbocycles. The minimum Gasteiger partial charge on any atom is -0.349 e. The van der Waals surface area contributed by atoms with Gasteiger partial charge in [-0.15, -0.1) is 10.2 Å². The number of hydrogen-bond acceptors (Lipinski definition) is 6. The van der Waals surface area contributed by atoms with Crippen molar-refractivity contribution in [1.82, 2.24) is 20.8 Å². The molecule has 0 aliphatic carbocycles. The molecule has 2 atom stereocenters. The molecule has 7 nitrogen and oxygen atoms in total. The second-order valence-electron chi connectivity index (χ2n) is 7.12. The lowest BCUT2D eigenvalue weighted by molar-refractivity contribution is -0.124. The lowest BCUT2D eigenvalue weighted by Gasteiger charge is -2.25. The maximum atomic E-state index is 12.6. The summed E-state index contributed by atoms with van der Waals surface area (Å²) >= 11 is 1.32. The fraction of sp³-hybridized carbons (Fsp3) is 0.429. The number of nitrogens with zero attached hydrogens (tertiary/aromatic N) is 2. The van der Waals surface area contributed by atoms with Crippen LogP contribution in [-0.4, -0.2) is 40.6 Å². The summed E-state index contributed by atoms with van der Waals surface area (Å²) in [6.07, 6.45) is 7.74. The minimum absolute atomic E-state index is 0.00688. The van der Waals surface area contributed by atoms with E-state index in [1.807, 2.05) is 25.1 Å². The summed E-state index contributed by atoms with van der Waals surface area (Å²) in [4.78, 5) is 24.8. The molecule has 1 saturated heterocycles. The molecule has 1 aromatic heterocycles. The number of benzene rings is 1. The summed E-state index contributed by atoms with van der Waals surface area (Å²) in [6, 6.07) is 9.73. The minimum atomic E-state index is -0.282. The first-order valence-electron chi connectivity index (χ1n) is 9.97. The molecule has 0 unspecified atom stereocenters. The van der Waals surface area contributed by atoms with Crippen LogP contribution in [0, 0.1) is 6.92 Å². The Morgan fingerprint density at radius 2 is 2.10 bits per heavy atom. The standard InChI is InChI=1S/C21H27N5O2S/c1-15-25-26-21(29-15)24-19(27)13-12-17(11-10-16-7-3-2-4-8-16)23-20(28)18-9-5-6-14-22-18/h2-4,7-8,12-13,17-18,22H,5-6,9-11,14H2,1H3,(H,23,28)(H,24,26,27)/t17-,18-/m0/s1. The second kappa shape index (κ2) is 10.8. The number of aryl methyl sites for hydroxylation is 2. The van der Waals surface area contributed by atoms with Crippen LogP contribution in [0.5, 0.6) is 0 Å². The molecule has 1 aromatic carbocycles. The molecule has 0 radical (unpaired) electrons. The number of nitrogens with one attached hydrogen (secondary N) is 3. The van der Waals surface area contributed by atoms with Crippen LogP contribution in [0.4, 0.5) is 5.13 Å². The fourth-order valence-corrected chi connectivity index (χ4v) is 3.83. The van der Waals surface area contributed by atoms with E-state index in [1.54, 1.807) is 6.08 Å². The molecular weight excluding hydrogens is 386 g/mol. The Bertz CT molecular complexity index is 831. The molecule has 0 spiro atoms. The highest BCUT2D eigenvalue weighted by Gasteiger charge is 2.22. The molecule has 8 heteroatoms. The van der Waals surface area contributed by atoms with Crippen molar-refractivity contribution in [2.24, 2.45) is 0 Å². The number of carbonyl (C=O) groups excluding carboxylic acids is 2. The number of amides is 2. The zero-order valence-electron chi connectivity index (χ0n) is 16.6. The molecule has 3 N–H and O–H groups in total. The van der Waals surface area contributed by atoms with E-state index in [2.05, 4.69) is 38.3 Å². The quantitative estimate of drug-likeness (QED) is 0.578. The Balaban J connectivity index is 1.60. The molecular formula is C21H27N5O2S. The number of aromatic nitrogens is 2. The van der Waals surface area contributed by atoms with Crippen molar-refractivity contribution >= 4 is 28.3 Å². The van der Waals surface area contributed by atoms with Crippen LogP contribution in [0.3, 0.4) is 0 Å². The van der Waals surface area contributed by atoms with Crippen molar-refractivity contribution in [1.29, 1.82) is 0 Å². The number of hydrogen-bond donors (Lipinski definition) is 3. The van der Waals surface area contributed by atoms with E-state index in [0.717, 1.165) is 37.2 Å². The van der Waals surface area contributed by atoms with Gasteiger partial charge in [0.25, 0.3) is 0 Å². The average molecular weight is 414 g/mol. The summed E-state index contributed by atoms with van der Waals surface area (Å²) in [6.45, 7) is 2.70. The van der Waals surface area contributed by atoms with E-state index in [9.17, 15) is 9.59 Å². The van der Waals surface area contributed by atoms with Gasteiger partial charge in [0, 0.05) is 12.1 Å². The van der Waals surface area contributed by atoms with Crippen molar-refractivity contribution in [3.05, 3.63) is 53.1 Å². The monoisotopic (exact) mass is 413 g/mol. The van der Waals surface area contributed by atoms with Crippen LogP contribution in [0.1, 0.15) is 36.3 Å². The Kier molecular flexibility index (Phi) is 7.89. The second-order valence-corrected chi connectivity index (χ2v) is 8.30. The summed E-state index contributed by atoms with van der Waals surface area (Å²) in [5, 5.41) is 18.1. The molecule has 2 aromatic rings. The number of carbonyl (C=O) groups is 2. The lowest BCUT2D eigenvalue weighted by Crippen LogP contribution is -2.49. The summed E-state index contributed by atoms with van der Waals surface area (Å²) in [5.74, 6) is -0.288. The summed E-state index contributed by atoms with van der Waals surface area (Å²) < 4.78 is 0. The smallest absolute Gasteiger partial charge is 0.249 e. The van der Waals surface area contributed by atoms with Gasteiger partial charge in [-0.2, -0.15) is 0 Å². The van der Waals surface area contributed by atoms with E-state index >= 15 is 0 Å². The topological polar surface area (TPSA) is 96.0 Å². The van der Waals surface area contributed by atoms with Crippen LogP contribution in [0.15, 0.2) is 42.5 Å². The Morgan fingerprint density at radius 1 is 1.28 bits per heavy atom. The largest absolute Gasteiger partial charge is 0.349 e. The molecule has 29 heavy (non-hydrogen) atoms. The molecule has 3 rings (SSSR count). The van der Waals surface area contributed by atoms with Crippen molar-refractivity contribution in [2.75, 3.05) is 11.9 Å². The number of anilines is 1. The first-order valence-corrected chi connectivity index (χ1v) is 10.8. The van der Waals surface area contributed by atoms with Crippen LogP contribution >= 0.6 is 11.3 Å². The van der Waals surface area contributed by atoms with Gasteiger partial charge in [0.05, 0.1) is 6.04 Å². The van der Waals surface area contributed by atoms with Crippen LogP contribution in [-0.2, 0) is 16.0 Å². The van der Waals surface area contributed by atoms with Crippen LogP contribution in [0.2, 0.25) is 0 Å². The van der Waals surface area contributed by atoms with Gasteiger partial charge in [-0.05, 0) is 44.7 Å². The van der Waals surface area contributed by atoms with E-state index < -0.39 is 0 Å². The van der Waals surface area contributed by atoms with E-state index in [0.29, 0.717) is 11.6 Å². The van der Waals surface area contributed by atoms with E-state index in [4.69, 9.17) is 0 Å². The maximum Gasteiger partial charge on any atom is 0.249 e. The Morgan fingerprint density at radius 3 is 2.79 bits per heavy atom. The zero-order valence-corrected chi connectivity index (χ0v) is 17.4. The summed E-state index contributed by atoms with van der Waals surface area (Å²) in [5.41, 5.74) is 1.20. The number of rotatable bonds is 8. The third-order valence-electron chi connectivity index (χ3n) is 4.78. The molecule has 154 valence electrons. The third-order valence-corrected chi connectivity index (χ3v) is 5.53. The van der Waals surface area contributed by atoms with Crippen molar-refractivity contribution < 1.29 is 9.59 Å². The van der Waals surface area contributed by atoms with Gasteiger partial charge in [-0.25, -0.2) is 0 Å². The molecule has 2 amide bonds. The van der Waals surface area contributed by atoms with Gasteiger partial charge >= 0.3 is 0 Å². The predicted molar refractivity (Wildman–Crippen MR) is 115 cm³/mol.